The summed E-state index contributed by atoms with van der Waals surface area (Å²) in [6, 6.07) is 14.2. The smallest absolute Gasteiger partial charge is 0.553 e. The fraction of sp³-hybridized carbons (Fsp3) is 0.381. The first-order valence-electron chi connectivity index (χ1n) is 8.98. The van der Waals surface area contributed by atoms with Gasteiger partial charge >= 0.3 is 109 Å². The number of aliphatic hydroxyl groups excluding tert-OH is 1. The summed E-state index contributed by atoms with van der Waals surface area (Å²) in [4.78, 5) is 10.1. The zero-order valence-corrected chi connectivity index (χ0v) is 25.2. The third-order valence-electron chi connectivity index (χ3n) is 3.84. The van der Waals surface area contributed by atoms with Gasteiger partial charge in [-0.05, 0) is 12.7 Å². The van der Waals surface area contributed by atoms with Crippen molar-refractivity contribution in [1.82, 2.24) is 0 Å². The van der Waals surface area contributed by atoms with Crippen LogP contribution in [0.5, 0.6) is 5.75 Å². The van der Waals surface area contributed by atoms with E-state index in [9.17, 15) is 26.4 Å². The molecule has 0 amide bonds. The number of aliphatic hydroxyl groups is 1. The monoisotopic (exact) mass is 520 g/mol. The Morgan fingerprint density at radius 2 is 1.81 bits per heavy atom. The zero-order valence-electron chi connectivity index (χ0n) is 18.1. The predicted octanol–water partition coefficient (Wildman–Crippen LogP) is -1.82. The molecule has 0 aliphatic heterocycles. The first-order chi connectivity index (χ1) is 14.2. The van der Waals surface area contributed by atoms with Crippen LogP contribution >= 0.6 is 0 Å². The average molecular weight is 521 g/mol. The molecule has 1 fully saturated rings. The van der Waals surface area contributed by atoms with Gasteiger partial charge in [0.2, 0.25) is 0 Å². The van der Waals surface area contributed by atoms with Crippen molar-refractivity contribution in [3.05, 3.63) is 60.2 Å². The molecule has 1 aliphatic rings. The topological polar surface area (TPSA) is 80.7 Å². The predicted molar refractivity (Wildman–Crippen MR) is 103 cm³/mol. The van der Waals surface area contributed by atoms with Crippen LogP contribution in [0.25, 0.3) is 0 Å². The van der Waals surface area contributed by atoms with Crippen molar-refractivity contribution in [2.75, 3.05) is 13.2 Å². The molecular weight excluding hydrogens is 499 g/mol. The van der Waals surface area contributed by atoms with E-state index in [2.05, 4.69) is 12.1 Å². The van der Waals surface area contributed by atoms with Crippen LogP contribution in [-0.4, -0.2) is 24.6 Å². The molecule has 0 bridgehead atoms. The van der Waals surface area contributed by atoms with Gasteiger partial charge in [0.25, 0.3) is 0 Å². The maximum atomic E-state index is 11.8. The third-order valence-corrected chi connectivity index (χ3v) is 4.54. The molecule has 5 nitrogen and oxygen atoms in total. The Bertz CT molecular complexity index is 837. The minimum atomic E-state index is -4.24. The second-order valence-electron chi connectivity index (χ2n) is 6.07. The van der Waals surface area contributed by atoms with E-state index in [-0.39, 0.29) is 120 Å². The largest absolute Gasteiger partial charge is 1.00 e. The summed E-state index contributed by atoms with van der Waals surface area (Å²) < 4.78 is 61.6. The van der Waals surface area contributed by atoms with Gasteiger partial charge < -0.3 is 23.1 Å². The second-order valence-corrected chi connectivity index (χ2v) is 6.98. The molecule has 0 saturated heterocycles. The van der Waals surface area contributed by atoms with Gasteiger partial charge in [-0.1, -0.05) is 35.0 Å². The van der Waals surface area contributed by atoms with Crippen molar-refractivity contribution in [3.63, 3.8) is 0 Å². The molecule has 3 rings (SSSR count). The average Bonchev–Trinajstić information content (AvgIpc) is 3.56. The van der Waals surface area contributed by atoms with Crippen LogP contribution in [0.1, 0.15) is 25.3 Å². The third kappa shape index (κ3) is 14.3. The van der Waals surface area contributed by atoms with Gasteiger partial charge in [0.15, 0.2) is 0 Å². The fourth-order valence-corrected chi connectivity index (χ4v) is 2.62. The molecule has 11 heteroatoms. The maximum Gasteiger partial charge on any atom is 1.00 e. The Morgan fingerprint density at radius 3 is 2.16 bits per heavy atom. The molecule has 1 N–H and O–H groups in total. The summed E-state index contributed by atoms with van der Waals surface area (Å²) in [5.74, 6) is 0.626. The summed E-state index contributed by atoms with van der Waals surface area (Å²) in [6.45, 7) is 2.22. The Hall–Kier alpha value is 0.883. The van der Waals surface area contributed by atoms with Gasteiger partial charge in [0, 0.05) is 6.61 Å². The Morgan fingerprint density at radius 1 is 1.19 bits per heavy atom. The number of ether oxygens (including phenoxy) is 1. The van der Waals surface area contributed by atoms with Gasteiger partial charge in [-0.2, -0.15) is 66.6 Å². The van der Waals surface area contributed by atoms with E-state index < -0.39 is 22.4 Å². The number of hydrogen-bond acceptors (Lipinski definition) is 6. The number of halogens is 3. The van der Waals surface area contributed by atoms with E-state index in [4.69, 9.17) is 9.84 Å². The molecule has 2 aromatic carbocycles. The molecule has 0 aromatic heterocycles. The van der Waals surface area contributed by atoms with Gasteiger partial charge in [0.1, 0.15) is 0 Å². The van der Waals surface area contributed by atoms with Crippen LogP contribution in [0, 0.1) is 24.0 Å². The van der Waals surface area contributed by atoms with Crippen LogP contribution in [0.15, 0.2) is 47.4 Å². The van der Waals surface area contributed by atoms with Crippen molar-refractivity contribution in [2.24, 2.45) is 11.8 Å². The van der Waals surface area contributed by atoms with Crippen LogP contribution in [0.2, 0.25) is 0 Å². The molecular formula is C21H21F3K2O5S-2. The molecule has 2 aromatic rings. The van der Waals surface area contributed by atoms with Crippen molar-refractivity contribution < 1.29 is 139 Å². The van der Waals surface area contributed by atoms with E-state index in [1.807, 2.05) is 6.29 Å². The van der Waals surface area contributed by atoms with E-state index >= 15 is 0 Å². The molecule has 0 spiro atoms. The summed E-state index contributed by atoms with van der Waals surface area (Å²) in [5.41, 5.74) is -0.657. The second kappa shape index (κ2) is 19.1. The van der Waals surface area contributed by atoms with Gasteiger partial charge in [0.05, 0.1) is 6.61 Å². The normalized spacial score (nSPS) is 13.1. The summed E-state index contributed by atoms with van der Waals surface area (Å²) >= 11 is 0. The molecule has 1 unspecified atom stereocenters. The van der Waals surface area contributed by atoms with Gasteiger partial charge in [-0.15, -0.1) is 12.0 Å². The van der Waals surface area contributed by atoms with E-state index in [0.717, 1.165) is 25.0 Å². The Balaban J connectivity index is 0. The number of rotatable bonds is 6. The first kappa shape index (κ1) is 35.0. The Kier molecular flexibility index (Phi) is 20.9. The minimum absolute atomic E-state index is 0. The summed E-state index contributed by atoms with van der Waals surface area (Å²) in [5, 5.41) is 8.47. The molecule has 0 heterocycles. The van der Waals surface area contributed by atoms with Crippen molar-refractivity contribution in [1.29, 1.82) is 0 Å². The van der Waals surface area contributed by atoms with Crippen LogP contribution in [0.4, 0.5) is 13.2 Å². The SMILES string of the molecule is CCOc1c[c-]ccc1[S-](=O)=O.FC(F)(F)c1c[c-]ccc1.O=[C-]C(CO)C1CC1.[K+].[K+]. The number of alkyl halides is 3. The standard InChI is InChI=1S/C8H8O3S.C7H4F3.C6H9O2.2K/c1-2-11-7-5-3-4-6-8(7)12(9)10;8-7(9,10)6-4-2-1-3-5-6;7-3-6(4-8)5-1-2-5;;/h4-6H,2H2,1H3;1-2,4-5H;5-7H,1-3H2;;/q-2;2*-1;2*+1. The van der Waals surface area contributed by atoms with E-state index in [1.165, 1.54) is 30.3 Å². The van der Waals surface area contributed by atoms with Crippen LogP contribution in [0.3, 0.4) is 0 Å². The fourth-order valence-electron chi connectivity index (χ4n) is 2.16. The van der Waals surface area contributed by atoms with Crippen molar-refractivity contribution in [3.8, 4) is 5.75 Å². The van der Waals surface area contributed by atoms with E-state index in [0.29, 0.717) is 18.3 Å². The number of carbonyl (C=O) groups excluding carboxylic acids is 1. The van der Waals surface area contributed by atoms with Crippen LogP contribution in [-0.2, 0) is 30.1 Å². The molecule has 1 saturated carbocycles. The van der Waals surface area contributed by atoms with Crippen molar-refractivity contribution >= 4 is 17.0 Å². The minimum Gasteiger partial charge on any atom is -0.553 e. The molecule has 1 aliphatic carbocycles. The summed E-state index contributed by atoms with van der Waals surface area (Å²) in [6.07, 6.45) is -0.229. The molecule has 32 heavy (non-hydrogen) atoms. The zero-order chi connectivity index (χ0) is 22.6. The first-order valence-corrected chi connectivity index (χ1v) is 10.1. The van der Waals surface area contributed by atoms with Crippen LogP contribution < -0.4 is 108 Å². The Labute approximate surface area is 273 Å². The molecule has 0 radical (unpaired) electrons. The maximum absolute atomic E-state index is 11.8. The quantitative estimate of drug-likeness (QED) is 0.276. The summed E-state index contributed by atoms with van der Waals surface area (Å²) in [7, 11) is -2.24. The molecule has 166 valence electrons. The van der Waals surface area contributed by atoms with Gasteiger partial charge in [-0.25, -0.2) is 0 Å². The van der Waals surface area contributed by atoms with Crippen molar-refractivity contribution in [2.45, 2.75) is 30.8 Å². The number of benzene rings is 2. The van der Waals surface area contributed by atoms with Gasteiger partial charge in [-0.3, -0.25) is 6.29 Å². The van der Waals surface area contributed by atoms with E-state index in [1.54, 1.807) is 6.92 Å². The number of hydrogen-bond donors (Lipinski definition) is 1. The molecule has 1 atom stereocenters.